The minimum atomic E-state index is -0.836. The summed E-state index contributed by atoms with van der Waals surface area (Å²) < 4.78 is 0. The van der Waals surface area contributed by atoms with Gasteiger partial charge in [0.15, 0.2) is 0 Å². The Morgan fingerprint density at radius 1 is 0.426 bits per heavy atom. The van der Waals surface area contributed by atoms with Crippen LogP contribution in [-0.4, -0.2) is 34.9 Å². The van der Waals surface area contributed by atoms with Gasteiger partial charge in [-0.3, -0.25) is 4.79 Å². The molecule has 0 rings (SSSR count). The number of rotatable bonds is 45. The number of hydrogen-bond donors (Lipinski definition) is 3. The molecule has 3 N–H and O–H groups in total. The number of carbonyl (C=O) groups is 1. The van der Waals surface area contributed by atoms with Gasteiger partial charge in [0.05, 0.1) is 18.8 Å². The van der Waals surface area contributed by atoms with Crippen LogP contribution in [-0.2, 0) is 4.79 Å². The molecule has 0 bridgehead atoms. The van der Waals surface area contributed by atoms with Crippen molar-refractivity contribution in [3.63, 3.8) is 0 Å². The molecular weight excluding hydrogens is 663 g/mol. The molecule has 0 aromatic rings. The van der Waals surface area contributed by atoms with Gasteiger partial charge in [0.25, 0.3) is 0 Å². The smallest absolute Gasteiger partial charge is 0.220 e. The van der Waals surface area contributed by atoms with Crippen LogP contribution < -0.4 is 5.32 Å². The summed E-state index contributed by atoms with van der Waals surface area (Å²) in [5.74, 6) is -0.0604. The van der Waals surface area contributed by atoms with Gasteiger partial charge in [0, 0.05) is 6.42 Å². The highest BCUT2D eigenvalue weighted by Gasteiger charge is 2.18. The van der Waals surface area contributed by atoms with E-state index in [1.165, 1.54) is 225 Å². The third kappa shape index (κ3) is 42.0. The van der Waals surface area contributed by atoms with Crippen LogP contribution in [0.3, 0.4) is 0 Å². The summed E-state index contributed by atoms with van der Waals surface area (Å²) >= 11 is 0. The number of allylic oxidation sites excluding steroid dienone is 3. The van der Waals surface area contributed by atoms with Crippen molar-refractivity contribution >= 4 is 5.91 Å². The van der Waals surface area contributed by atoms with Gasteiger partial charge in [-0.1, -0.05) is 244 Å². The van der Waals surface area contributed by atoms with Gasteiger partial charge in [-0.05, 0) is 44.9 Å². The molecule has 0 aliphatic rings. The summed E-state index contributed by atoms with van der Waals surface area (Å²) in [6.45, 7) is 4.33. The van der Waals surface area contributed by atoms with E-state index < -0.39 is 12.1 Å². The van der Waals surface area contributed by atoms with Crippen LogP contribution in [0.4, 0.5) is 0 Å². The first kappa shape index (κ1) is 52.9. The number of carbonyl (C=O) groups excluding carboxylic acids is 1. The molecule has 2 atom stereocenters. The Balaban J connectivity index is 3.47. The first-order valence-electron chi connectivity index (χ1n) is 24.6. The molecule has 0 fully saturated rings. The second-order valence-electron chi connectivity index (χ2n) is 16.9. The van der Waals surface area contributed by atoms with E-state index in [4.69, 9.17) is 0 Å². The Morgan fingerprint density at radius 2 is 0.704 bits per heavy atom. The highest BCUT2D eigenvalue weighted by atomic mass is 16.3. The molecule has 0 aliphatic heterocycles. The van der Waals surface area contributed by atoms with Gasteiger partial charge < -0.3 is 15.5 Å². The molecule has 0 radical (unpaired) electrons. The monoisotopic (exact) mass is 760 g/mol. The molecule has 0 aliphatic carbocycles. The fourth-order valence-electron chi connectivity index (χ4n) is 7.65. The number of unbranched alkanes of at least 4 members (excludes halogenated alkanes) is 36. The molecular formula is C50H97NO3. The highest BCUT2D eigenvalue weighted by Crippen LogP contribution is 2.16. The predicted octanol–water partition coefficient (Wildman–Crippen LogP) is 15.6. The summed E-state index contributed by atoms with van der Waals surface area (Å²) in [4.78, 5) is 12.4. The second kappa shape index (κ2) is 46.3. The van der Waals surface area contributed by atoms with Crippen molar-refractivity contribution in [3.8, 4) is 0 Å². The SMILES string of the molecule is CCCCCCCCCC/C=C\CCCCCCCCCCCCCCCCCC(=O)NC(CO)C(O)/C=C/CCCCCCCCCCCCCCC. The Kier molecular flexibility index (Phi) is 45.3. The molecule has 4 heteroatoms. The van der Waals surface area contributed by atoms with Gasteiger partial charge in [0.2, 0.25) is 5.91 Å². The van der Waals surface area contributed by atoms with Crippen LogP contribution in [0.2, 0.25) is 0 Å². The summed E-state index contributed by atoms with van der Waals surface area (Å²) in [6.07, 6.45) is 60.2. The van der Waals surface area contributed by atoms with Crippen molar-refractivity contribution in [2.24, 2.45) is 0 Å². The number of nitrogens with one attached hydrogen (secondary N) is 1. The molecule has 0 aromatic carbocycles. The van der Waals surface area contributed by atoms with E-state index in [0.29, 0.717) is 6.42 Å². The first-order valence-corrected chi connectivity index (χ1v) is 24.6. The van der Waals surface area contributed by atoms with E-state index in [-0.39, 0.29) is 12.5 Å². The molecule has 320 valence electrons. The van der Waals surface area contributed by atoms with Gasteiger partial charge in [-0.15, -0.1) is 0 Å². The van der Waals surface area contributed by atoms with E-state index >= 15 is 0 Å². The van der Waals surface area contributed by atoms with Crippen molar-refractivity contribution in [3.05, 3.63) is 24.3 Å². The molecule has 54 heavy (non-hydrogen) atoms. The van der Waals surface area contributed by atoms with Crippen LogP contribution in [0.5, 0.6) is 0 Å². The van der Waals surface area contributed by atoms with Crippen molar-refractivity contribution in [2.75, 3.05) is 6.61 Å². The third-order valence-corrected chi connectivity index (χ3v) is 11.4. The maximum Gasteiger partial charge on any atom is 0.220 e. The lowest BCUT2D eigenvalue weighted by molar-refractivity contribution is -0.123. The fraction of sp³-hybridized carbons (Fsp3) is 0.900. The average molecular weight is 760 g/mol. The average Bonchev–Trinajstić information content (AvgIpc) is 3.18. The van der Waals surface area contributed by atoms with Crippen molar-refractivity contribution in [1.82, 2.24) is 5.32 Å². The second-order valence-corrected chi connectivity index (χ2v) is 16.9. The number of hydrogen-bond acceptors (Lipinski definition) is 3. The van der Waals surface area contributed by atoms with E-state index in [0.717, 1.165) is 25.7 Å². The Morgan fingerprint density at radius 3 is 1.02 bits per heavy atom. The first-order chi connectivity index (χ1) is 26.7. The van der Waals surface area contributed by atoms with E-state index in [1.807, 2.05) is 6.08 Å². The third-order valence-electron chi connectivity index (χ3n) is 11.4. The Hall–Kier alpha value is -1.13. The van der Waals surface area contributed by atoms with E-state index in [9.17, 15) is 15.0 Å². The topological polar surface area (TPSA) is 69.6 Å². The maximum atomic E-state index is 12.4. The lowest BCUT2D eigenvalue weighted by Gasteiger charge is -2.20. The van der Waals surface area contributed by atoms with Crippen LogP contribution in [0, 0.1) is 0 Å². The quantitative estimate of drug-likeness (QED) is 0.0428. The highest BCUT2D eigenvalue weighted by molar-refractivity contribution is 5.76. The molecule has 0 spiro atoms. The minimum Gasteiger partial charge on any atom is -0.394 e. The van der Waals surface area contributed by atoms with Crippen molar-refractivity contribution < 1.29 is 15.0 Å². The number of aliphatic hydroxyl groups is 2. The molecule has 1 amide bonds. The predicted molar refractivity (Wildman–Crippen MR) is 239 cm³/mol. The molecule has 4 nitrogen and oxygen atoms in total. The summed E-state index contributed by atoms with van der Waals surface area (Å²) in [6, 6.07) is -0.619. The minimum absolute atomic E-state index is 0.0604. The van der Waals surface area contributed by atoms with Crippen LogP contribution in [0.15, 0.2) is 24.3 Å². The molecule has 2 unspecified atom stereocenters. The lowest BCUT2D eigenvalue weighted by atomic mass is 10.0. The summed E-state index contributed by atoms with van der Waals surface area (Å²) in [7, 11) is 0. The summed E-state index contributed by atoms with van der Waals surface area (Å²) in [5.41, 5.74) is 0. The Labute approximate surface area is 339 Å². The Bertz CT molecular complexity index is 780. The van der Waals surface area contributed by atoms with Gasteiger partial charge >= 0.3 is 0 Å². The zero-order valence-electron chi connectivity index (χ0n) is 36.8. The standard InChI is InChI=1S/C50H97NO3/c1-3-5-7-9-11-13-15-17-19-20-21-22-23-24-25-26-27-28-29-30-32-34-36-38-40-42-44-46-50(54)51-48(47-52)49(53)45-43-41-39-37-35-33-31-18-16-14-12-10-8-6-4-2/h20-21,43,45,48-49,52-53H,3-19,22-42,44,46-47H2,1-2H3,(H,51,54)/b21-20-,45-43+. The molecule has 0 aromatic heterocycles. The normalized spacial score (nSPS) is 13.0. The van der Waals surface area contributed by atoms with Crippen LogP contribution in [0.25, 0.3) is 0 Å². The van der Waals surface area contributed by atoms with Crippen molar-refractivity contribution in [2.45, 2.75) is 283 Å². The van der Waals surface area contributed by atoms with Crippen molar-refractivity contribution in [1.29, 1.82) is 0 Å². The zero-order chi connectivity index (χ0) is 39.3. The fourth-order valence-corrected chi connectivity index (χ4v) is 7.65. The zero-order valence-corrected chi connectivity index (χ0v) is 36.8. The van der Waals surface area contributed by atoms with Crippen LogP contribution >= 0.6 is 0 Å². The number of amides is 1. The molecule has 0 saturated heterocycles. The molecule has 0 heterocycles. The summed E-state index contributed by atoms with van der Waals surface area (Å²) in [5, 5.41) is 23.1. The number of aliphatic hydroxyl groups excluding tert-OH is 2. The largest absolute Gasteiger partial charge is 0.394 e. The van der Waals surface area contributed by atoms with Gasteiger partial charge in [-0.2, -0.15) is 0 Å². The van der Waals surface area contributed by atoms with E-state index in [1.54, 1.807) is 6.08 Å². The van der Waals surface area contributed by atoms with Gasteiger partial charge in [-0.25, -0.2) is 0 Å². The molecule has 0 saturated carbocycles. The van der Waals surface area contributed by atoms with Gasteiger partial charge in [0.1, 0.15) is 0 Å². The lowest BCUT2D eigenvalue weighted by Crippen LogP contribution is -2.45. The van der Waals surface area contributed by atoms with Crippen LogP contribution in [0.1, 0.15) is 271 Å². The van der Waals surface area contributed by atoms with E-state index in [2.05, 4.69) is 31.3 Å². The maximum absolute atomic E-state index is 12.4.